The summed E-state index contributed by atoms with van der Waals surface area (Å²) < 4.78 is 73.4. The molecule has 4 rings (SSSR count). The number of ketones is 1. The van der Waals surface area contributed by atoms with Crippen molar-refractivity contribution in [3.8, 4) is 5.69 Å². The third-order valence-electron chi connectivity index (χ3n) is 5.67. The summed E-state index contributed by atoms with van der Waals surface area (Å²) in [6, 6.07) is 8.07. The minimum absolute atomic E-state index is 0.126. The summed E-state index contributed by atoms with van der Waals surface area (Å²) in [5, 5.41) is 6.21. The van der Waals surface area contributed by atoms with Crippen LogP contribution in [0, 0.1) is 13.8 Å². The lowest BCUT2D eigenvalue weighted by atomic mass is 10.2. The number of hydrogen-bond donors (Lipinski definition) is 1. The molecular formula is C21H23F3N6O4S2. The van der Waals surface area contributed by atoms with Gasteiger partial charge in [-0.25, -0.2) is 13.1 Å². The summed E-state index contributed by atoms with van der Waals surface area (Å²) in [5.41, 5.74) is 2.15. The summed E-state index contributed by atoms with van der Waals surface area (Å²) in [7, 11) is -3.72. The summed E-state index contributed by atoms with van der Waals surface area (Å²) >= 11 is 0.739. The van der Waals surface area contributed by atoms with Crippen LogP contribution in [0.5, 0.6) is 0 Å². The van der Waals surface area contributed by atoms with Crippen LogP contribution < -0.4 is 5.84 Å². The number of thioether (sulfide) groups is 1. The molecule has 0 saturated carbocycles. The molecule has 1 fully saturated rings. The van der Waals surface area contributed by atoms with Gasteiger partial charge in [0.15, 0.2) is 5.78 Å². The fourth-order valence-electron chi connectivity index (χ4n) is 3.94. The number of nitrogen functional groups attached to an aromatic ring is 1. The topological polar surface area (TPSA) is 125 Å². The Morgan fingerprint density at radius 2 is 1.86 bits per heavy atom. The van der Waals surface area contributed by atoms with Crippen LogP contribution >= 0.6 is 11.8 Å². The van der Waals surface area contributed by atoms with Crippen molar-refractivity contribution in [1.29, 1.82) is 0 Å². The van der Waals surface area contributed by atoms with Crippen molar-refractivity contribution >= 4 is 27.6 Å². The monoisotopic (exact) mass is 544 g/mol. The van der Waals surface area contributed by atoms with Gasteiger partial charge in [-0.15, -0.1) is 10.2 Å². The van der Waals surface area contributed by atoms with Gasteiger partial charge in [0.05, 0.1) is 23.9 Å². The number of morpholine rings is 1. The zero-order valence-electron chi connectivity index (χ0n) is 19.3. The Hall–Kier alpha value is -2.88. The molecule has 1 aromatic carbocycles. The number of Topliss-reactive ketones (excluding diaryl/α,β-unsaturated/α-hetero) is 1. The number of aromatic nitrogens is 4. The van der Waals surface area contributed by atoms with Gasteiger partial charge in [-0.2, -0.15) is 17.5 Å². The van der Waals surface area contributed by atoms with Crippen LogP contribution in [0.3, 0.4) is 0 Å². The van der Waals surface area contributed by atoms with Crippen molar-refractivity contribution in [2.75, 3.05) is 37.9 Å². The number of halogens is 3. The highest BCUT2D eigenvalue weighted by Crippen LogP contribution is 2.30. The Labute approximate surface area is 209 Å². The number of alkyl halides is 3. The maximum atomic E-state index is 13.1. The molecule has 1 aliphatic heterocycles. The lowest BCUT2D eigenvalue weighted by Gasteiger charge is -2.26. The van der Waals surface area contributed by atoms with E-state index in [2.05, 4.69) is 10.2 Å². The van der Waals surface area contributed by atoms with Gasteiger partial charge in [0, 0.05) is 35.7 Å². The molecule has 1 saturated heterocycles. The maximum absolute atomic E-state index is 13.1. The van der Waals surface area contributed by atoms with E-state index < -0.39 is 22.0 Å². The smallest absolute Gasteiger partial charge is 0.379 e. The number of aryl methyl sites for hydroxylation is 1. The second-order valence-electron chi connectivity index (χ2n) is 8.02. The number of benzene rings is 1. The summed E-state index contributed by atoms with van der Waals surface area (Å²) in [4.78, 5) is 13.0. The Morgan fingerprint density at radius 1 is 1.17 bits per heavy atom. The molecular weight excluding hydrogens is 521 g/mol. The molecule has 15 heteroatoms. The van der Waals surface area contributed by atoms with Crippen LogP contribution in [0.1, 0.15) is 27.6 Å². The van der Waals surface area contributed by atoms with E-state index in [1.807, 2.05) is 0 Å². The molecule has 0 unspecified atom stereocenters. The maximum Gasteiger partial charge on any atom is 0.453 e. The first kappa shape index (κ1) is 26.2. The van der Waals surface area contributed by atoms with Gasteiger partial charge in [0.1, 0.15) is 0 Å². The highest BCUT2D eigenvalue weighted by atomic mass is 32.2. The van der Waals surface area contributed by atoms with E-state index in [0.717, 1.165) is 11.8 Å². The van der Waals surface area contributed by atoms with E-state index in [1.54, 1.807) is 42.7 Å². The first-order valence-electron chi connectivity index (χ1n) is 10.7. The molecule has 3 aromatic rings. The van der Waals surface area contributed by atoms with E-state index in [4.69, 9.17) is 10.6 Å². The van der Waals surface area contributed by atoms with Crippen molar-refractivity contribution in [3.05, 3.63) is 53.1 Å². The first-order chi connectivity index (χ1) is 16.9. The lowest BCUT2D eigenvalue weighted by molar-refractivity contribution is -0.146. The molecule has 10 nitrogen and oxygen atoms in total. The van der Waals surface area contributed by atoms with Crippen LogP contribution in [0.2, 0.25) is 0 Å². The largest absolute Gasteiger partial charge is 0.453 e. The number of hydrogen-bond acceptors (Lipinski definition) is 8. The predicted octanol–water partition coefficient (Wildman–Crippen LogP) is 2.41. The van der Waals surface area contributed by atoms with Gasteiger partial charge < -0.3 is 15.1 Å². The molecule has 1 aliphatic rings. The Kier molecular flexibility index (Phi) is 7.19. The number of sulfonamides is 1. The zero-order valence-corrected chi connectivity index (χ0v) is 21.0. The SMILES string of the molecule is Cc1cc(C(=O)CSc2nnc(C(F)(F)F)n2N)c(C)n1-c1cccc(S(=O)(=O)N2CCOCC2)c1. The molecule has 3 heterocycles. The van der Waals surface area contributed by atoms with Gasteiger partial charge in [0.25, 0.3) is 5.82 Å². The normalized spacial score (nSPS) is 15.4. The number of carbonyl (C=O) groups is 1. The zero-order chi connectivity index (χ0) is 26.3. The third kappa shape index (κ3) is 5.00. The lowest BCUT2D eigenvalue weighted by Crippen LogP contribution is -2.40. The fraction of sp³-hybridized carbons (Fsp3) is 0.381. The van der Waals surface area contributed by atoms with Crippen molar-refractivity contribution in [2.45, 2.75) is 30.1 Å². The Morgan fingerprint density at radius 3 is 2.50 bits per heavy atom. The molecule has 0 bridgehead atoms. The molecule has 36 heavy (non-hydrogen) atoms. The highest BCUT2D eigenvalue weighted by molar-refractivity contribution is 7.99. The number of nitrogens with two attached hydrogens (primary N) is 1. The average molecular weight is 545 g/mol. The predicted molar refractivity (Wildman–Crippen MR) is 125 cm³/mol. The van der Waals surface area contributed by atoms with Gasteiger partial charge in [-0.05, 0) is 38.1 Å². The van der Waals surface area contributed by atoms with Gasteiger partial charge in [0.2, 0.25) is 15.2 Å². The number of carbonyl (C=O) groups excluding carboxylic acids is 1. The second-order valence-corrected chi connectivity index (χ2v) is 10.9. The minimum Gasteiger partial charge on any atom is -0.379 e. The van der Waals surface area contributed by atoms with E-state index in [-0.39, 0.29) is 34.7 Å². The molecule has 194 valence electrons. The molecule has 0 amide bonds. The summed E-state index contributed by atoms with van der Waals surface area (Å²) in [5.74, 6) is 3.50. The number of rotatable bonds is 7. The highest BCUT2D eigenvalue weighted by Gasteiger charge is 2.38. The number of nitrogens with zero attached hydrogens (tertiary/aromatic N) is 5. The summed E-state index contributed by atoms with van der Waals surface area (Å²) in [6.45, 7) is 4.68. The third-order valence-corrected chi connectivity index (χ3v) is 8.50. The Bertz CT molecular complexity index is 1400. The van der Waals surface area contributed by atoms with Crippen LogP contribution in [-0.4, -0.2) is 70.0 Å². The van der Waals surface area contributed by atoms with Gasteiger partial charge in [-0.3, -0.25) is 4.79 Å². The molecule has 0 radical (unpaired) electrons. The van der Waals surface area contributed by atoms with Crippen LogP contribution in [0.25, 0.3) is 5.69 Å². The number of ether oxygens (including phenoxy) is 1. The second kappa shape index (κ2) is 9.88. The molecule has 2 N–H and O–H groups in total. The van der Waals surface area contributed by atoms with Crippen molar-refractivity contribution in [2.24, 2.45) is 0 Å². The van der Waals surface area contributed by atoms with Crippen molar-refractivity contribution in [3.63, 3.8) is 0 Å². The van der Waals surface area contributed by atoms with E-state index >= 15 is 0 Å². The average Bonchev–Trinajstić information content (AvgIpc) is 3.36. The summed E-state index contributed by atoms with van der Waals surface area (Å²) in [6.07, 6.45) is -4.76. The van der Waals surface area contributed by atoms with Crippen LogP contribution in [-0.2, 0) is 20.9 Å². The molecule has 0 spiro atoms. The standard InChI is InChI=1S/C21H23F3N6O4S2/c1-13-10-17(18(31)12-35-20-27-26-19(30(20)25)21(22,23)24)14(2)29(13)15-4-3-5-16(11-15)36(32,33)28-6-8-34-9-7-28/h3-5,10-11H,6-9,12,25H2,1-2H3. The van der Waals surface area contributed by atoms with Gasteiger partial charge >= 0.3 is 6.18 Å². The van der Waals surface area contributed by atoms with E-state index in [9.17, 15) is 26.4 Å². The molecule has 2 aromatic heterocycles. The van der Waals surface area contributed by atoms with Crippen LogP contribution in [0.15, 0.2) is 40.4 Å². The first-order valence-corrected chi connectivity index (χ1v) is 13.1. The van der Waals surface area contributed by atoms with E-state index in [0.29, 0.717) is 40.5 Å². The van der Waals surface area contributed by atoms with Crippen LogP contribution in [0.4, 0.5) is 13.2 Å². The quantitative estimate of drug-likeness (QED) is 0.273. The van der Waals surface area contributed by atoms with Crippen molar-refractivity contribution in [1.82, 2.24) is 23.7 Å². The molecule has 0 atom stereocenters. The Balaban J connectivity index is 1.57. The fourth-order valence-corrected chi connectivity index (χ4v) is 6.13. The van der Waals surface area contributed by atoms with E-state index in [1.165, 1.54) is 10.4 Å². The minimum atomic E-state index is -4.76. The molecule has 0 aliphatic carbocycles. The van der Waals surface area contributed by atoms with Gasteiger partial charge in [-0.1, -0.05) is 17.8 Å². The van der Waals surface area contributed by atoms with Crippen molar-refractivity contribution < 1.29 is 31.1 Å².